The van der Waals surface area contributed by atoms with Gasteiger partial charge in [-0.25, -0.2) is 0 Å². The number of carbonyl (C=O) groups excluding carboxylic acids is 1. The predicted molar refractivity (Wildman–Crippen MR) is 80.4 cm³/mol. The monoisotopic (exact) mass is 319 g/mol. The summed E-state index contributed by atoms with van der Waals surface area (Å²) in [6.07, 6.45) is 4.38. The molecule has 104 valence electrons. The number of rotatable bonds is 3. The summed E-state index contributed by atoms with van der Waals surface area (Å²) in [5, 5.41) is 3.99. The second-order valence-electron chi connectivity index (χ2n) is 4.94. The Bertz CT molecular complexity index is 444. The fraction of sp³-hybridized carbons (Fsp3) is 0.500. The molecule has 2 nitrogen and oxygen atoms in total. The quantitative estimate of drug-likeness (QED) is 0.815. The first kappa shape index (κ1) is 15.0. The van der Waals surface area contributed by atoms with Gasteiger partial charge in [0.15, 0.2) is 0 Å². The van der Waals surface area contributed by atoms with Crippen LogP contribution in [0, 0.1) is 5.92 Å². The molecule has 1 saturated carbocycles. The average molecular weight is 321 g/mol. The van der Waals surface area contributed by atoms with Gasteiger partial charge in [-0.3, -0.25) is 4.79 Å². The van der Waals surface area contributed by atoms with Crippen molar-refractivity contribution in [3.8, 4) is 0 Å². The minimum Gasteiger partial charge on any atom is -0.349 e. The van der Waals surface area contributed by atoms with Crippen LogP contribution in [-0.2, 0) is 0 Å². The highest BCUT2D eigenvalue weighted by atomic mass is 35.5. The van der Waals surface area contributed by atoms with Gasteiger partial charge in [-0.05, 0) is 37.0 Å². The van der Waals surface area contributed by atoms with E-state index in [1.165, 1.54) is 6.42 Å². The van der Waals surface area contributed by atoms with Crippen molar-refractivity contribution in [1.29, 1.82) is 0 Å². The molecule has 2 atom stereocenters. The second kappa shape index (κ2) is 6.83. The third-order valence-corrected chi connectivity index (χ3v) is 4.38. The summed E-state index contributed by atoms with van der Waals surface area (Å²) >= 11 is 17.8. The molecule has 1 N–H and O–H groups in total. The Morgan fingerprint density at radius 2 is 1.79 bits per heavy atom. The Labute approximate surface area is 128 Å². The Hall–Kier alpha value is -0.440. The molecule has 1 aliphatic rings. The van der Waals surface area contributed by atoms with Crippen molar-refractivity contribution in [2.45, 2.75) is 31.7 Å². The number of halogens is 3. The molecule has 0 bridgehead atoms. The molecule has 1 fully saturated rings. The van der Waals surface area contributed by atoms with Crippen LogP contribution in [0.2, 0.25) is 10.0 Å². The van der Waals surface area contributed by atoms with E-state index in [0.29, 0.717) is 27.4 Å². The smallest absolute Gasteiger partial charge is 0.251 e. The van der Waals surface area contributed by atoms with Crippen LogP contribution >= 0.6 is 34.8 Å². The first-order valence-corrected chi connectivity index (χ1v) is 7.72. The van der Waals surface area contributed by atoms with E-state index in [9.17, 15) is 4.79 Å². The number of nitrogens with one attached hydrogen (secondary N) is 1. The summed E-state index contributed by atoms with van der Waals surface area (Å²) < 4.78 is 0. The molecule has 1 amide bonds. The zero-order valence-electron chi connectivity index (χ0n) is 10.5. The predicted octanol–water partition coefficient (Wildman–Crippen LogP) is 4.52. The molecular formula is C14H16Cl3NO. The summed E-state index contributed by atoms with van der Waals surface area (Å²) in [4.78, 5) is 12.2. The number of hydrogen-bond acceptors (Lipinski definition) is 1. The maximum absolute atomic E-state index is 12.2. The van der Waals surface area contributed by atoms with E-state index in [1.807, 2.05) is 0 Å². The van der Waals surface area contributed by atoms with Crippen molar-refractivity contribution in [1.82, 2.24) is 5.32 Å². The zero-order chi connectivity index (χ0) is 13.8. The van der Waals surface area contributed by atoms with Crippen LogP contribution in [0.3, 0.4) is 0 Å². The van der Waals surface area contributed by atoms with E-state index in [1.54, 1.807) is 18.2 Å². The molecule has 0 radical (unpaired) electrons. The lowest BCUT2D eigenvalue weighted by atomic mass is 9.85. The van der Waals surface area contributed by atoms with Crippen LogP contribution in [0.5, 0.6) is 0 Å². The van der Waals surface area contributed by atoms with Gasteiger partial charge in [0, 0.05) is 27.5 Å². The summed E-state index contributed by atoms with van der Waals surface area (Å²) in [5.41, 5.74) is 0.497. The molecule has 5 heteroatoms. The third-order valence-electron chi connectivity index (χ3n) is 3.55. The summed E-state index contributed by atoms with van der Waals surface area (Å²) in [6.45, 7) is 0. The maximum atomic E-state index is 12.2. The van der Waals surface area contributed by atoms with Gasteiger partial charge in [0.2, 0.25) is 0 Å². The maximum Gasteiger partial charge on any atom is 0.251 e. The molecule has 2 unspecified atom stereocenters. The molecule has 0 aliphatic heterocycles. The van der Waals surface area contributed by atoms with Crippen molar-refractivity contribution in [2.75, 3.05) is 5.88 Å². The molecule has 0 aromatic heterocycles. The van der Waals surface area contributed by atoms with Crippen molar-refractivity contribution in [3.63, 3.8) is 0 Å². The number of amides is 1. The highest BCUT2D eigenvalue weighted by molar-refractivity contribution is 6.35. The van der Waals surface area contributed by atoms with E-state index in [-0.39, 0.29) is 11.9 Å². The van der Waals surface area contributed by atoms with E-state index >= 15 is 0 Å². The lowest BCUT2D eigenvalue weighted by molar-refractivity contribution is 0.0911. The van der Waals surface area contributed by atoms with Crippen molar-refractivity contribution >= 4 is 40.7 Å². The summed E-state index contributed by atoms with van der Waals surface area (Å²) in [5.74, 6) is 0.807. The van der Waals surface area contributed by atoms with Crippen molar-refractivity contribution < 1.29 is 4.79 Å². The molecule has 0 spiro atoms. The van der Waals surface area contributed by atoms with E-state index in [0.717, 1.165) is 19.3 Å². The topological polar surface area (TPSA) is 29.1 Å². The van der Waals surface area contributed by atoms with Gasteiger partial charge in [-0.15, -0.1) is 11.6 Å². The SMILES string of the molecule is O=C(NC1CCCCC1CCl)c1cc(Cl)cc(Cl)c1. The molecule has 1 aromatic carbocycles. The molecule has 1 aromatic rings. The Balaban J connectivity index is 2.07. The molecule has 1 aliphatic carbocycles. The fourth-order valence-corrected chi connectivity index (χ4v) is 3.41. The Kier molecular flexibility index (Phi) is 5.37. The largest absolute Gasteiger partial charge is 0.349 e. The van der Waals surface area contributed by atoms with Crippen molar-refractivity contribution in [2.24, 2.45) is 5.92 Å². The van der Waals surface area contributed by atoms with Crippen LogP contribution in [0.1, 0.15) is 36.0 Å². The van der Waals surface area contributed by atoms with Crippen LogP contribution in [0.25, 0.3) is 0 Å². The second-order valence-corrected chi connectivity index (χ2v) is 6.12. The normalized spacial score (nSPS) is 23.1. The van der Waals surface area contributed by atoms with Crippen molar-refractivity contribution in [3.05, 3.63) is 33.8 Å². The van der Waals surface area contributed by atoms with Crippen LogP contribution < -0.4 is 5.32 Å². The Morgan fingerprint density at radius 3 is 2.42 bits per heavy atom. The average Bonchev–Trinajstić information content (AvgIpc) is 2.38. The Morgan fingerprint density at radius 1 is 1.16 bits per heavy atom. The first-order chi connectivity index (χ1) is 9.10. The summed E-state index contributed by atoms with van der Waals surface area (Å²) in [6, 6.07) is 5.02. The van der Waals surface area contributed by atoms with Gasteiger partial charge in [0.25, 0.3) is 5.91 Å². The lowest BCUT2D eigenvalue weighted by Gasteiger charge is -2.30. The molecule has 19 heavy (non-hydrogen) atoms. The zero-order valence-corrected chi connectivity index (χ0v) is 12.7. The standard InChI is InChI=1S/C14H16Cl3NO/c15-8-9-3-1-2-4-13(9)18-14(19)10-5-11(16)7-12(17)6-10/h5-7,9,13H,1-4,8H2,(H,18,19). The molecule has 0 saturated heterocycles. The van der Waals surface area contributed by atoms with E-state index in [2.05, 4.69) is 5.32 Å². The number of hydrogen-bond donors (Lipinski definition) is 1. The van der Waals surface area contributed by atoms with Crippen LogP contribution in [0.4, 0.5) is 0 Å². The summed E-state index contributed by atoms with van der Waals surface area (Å²) in [7, 11) is 0. The number of alkyl halides is 1. The fourth-order valence-electron chi connectivity index (χ4n) is 2.52. The van der Waals surface area contributed by atoms with Gasteiger partial charge in [0.05, 0.1) is 0 Å². The van der Waals surface area contributed by atoms with Gasteiger partial charge < -0.3 is 5.32 Å². The number of carbonyl (C=O) groups is 1. The molecular weight excluding hydrogens is 305 g/mol. The number of benzene rings is 1. The molecule has 2 rings (SSSR count). The van der Waals surface area contributed by atoms with Crippen LogP contribution in [0.15, 0.2) is 18.2 Å². The van der Waals surface area contributed by atoms with Crippen LogP contribution in [-0.4, -0.2) is 17.8 Å². The minimum atomic E-state index is -0.133. The van der Waals surface area contributed by atoms with Gasteiger partial charge in [-0.2, -0.15) is 0 Å². The van der Waals surface area contributed by atoms with E-state index in [4.69, 9.17) is 34.8 Å². The van der Waals surface area contributed by atoms with Gasteiger partial charge in [-0.1, -0.05) is 36.0 Å². The highest BCUT2D eigenvalue weighted by Crippen LogP contribution is 2.26. The van der Waals surface area contributed by atoms with Gasteiger partial charge >= 0.3 is 0 Å². The third kappa shape index (κ3) is 4.01. The first-order valence-electron chi connectivity index (χ1n) is 6.43. The van der Waals surface area contributed by atoms with Gasteiger partial charge in [0.1, 0.15) is 0 Å². The molecule has 0 heterocycles. The highest BCUT2D eigenvalue weighted by Gasteiger charge is 2.26. The van der Waals surface area contributed by atoms with E-state index < -0.39 is 0 Å². The lowest BCUT2D eigenvalue weighted by Crippen LogP contribution is -2.42. The minimum absolute atomic E-state index is 0.133.